The van der Waals surface area contributed by atoms with Gasteiger partial charge in [0, 0.05) is 24.2 Å². The van der Waals surface area contributed by atoms with E-state index in [1.807, 2.05) is 36.4 Å². The second kappa shape index (κ2) is 5.13. The zero-order chi connectivity index (χ0) is 13.9. The molecule has 3 rings (SSSR count). The molecule has 20 heavy (non-hydrogen) atoms. The molecule has 1 amide bonds. The third-order valence-corrected chi connectivity index (χ3v) is 3.30. The Morgan fingerprint density at radius 3 is 2.90 bits per heavy atom. The molecule has 3 aromatic rings. The highest BCUT2D eigenvalue weighted by Crippen LogP contribution is 2.28. The molecule has 0 bridgehead atoms. The Bertz CT molecular complexity index is 736. The normalized spacial score (nSPS) is 12.4. The number of primary amides is 1. The molecule has 0 aliphatic carbocycles. The van der Waals surface area contributed by atoms with Gasteiger partial charge in [-0.2, -0.15) is 0 Å². The fourth-order valence-corrected chi connectivity index (χ4v) is 2.34. The number of nitrogens with two attached hydrogens (primary N) is 1. The van der Waals surface area contributed by atoms with Crippen LogP contribution >= 0.6 is 0 Å². The Hall–Kier alpha value is -2.69. The number of imidazole rings is 1. The maximum atomic E-state index is 11.3. The molecular formula is C15H14N4O. The first-order chi connectivity index (χ1) is 9.74. The standard InChI is InChI=1S/C15H14N4O/c16-15(20)8-11(12-3-1-2-6-17-12)10-4-5-13-14(7-10)19-9-18-13/h1-7,9,11H,8H2,(H2,16,20)(H,18,19). The van der Waals surface area contributed by atoms with Crippen molar-refractivity contribution in [2.24, 2.45) is 5.73 Å². The van der Waals surface area contributed by atoms with Gasteiger partial charge in [-0.25, -0.2) is 4.98 Å². The van der Waals surface area contributed by atoms with Crippen molar-refractivity contribution in [2.75, 3.05) is 0 Å². The quantitative estimate of drug-likeness (QED) is 0.757. The Morgan fingerprint density at radius 2 is 2.15 bits per heavy atom. The second-order valence-corrected chi connectivity index (χ2v) is 4.66. The van der Waals surface area contributed by atoms with E-state index in [1.54, 1.807) is 12.5 Å². The Morgan fingerprint density at radius 1 is 1.25 bits per heavy atom. The zero-order valence-electron chi connectivity index (χ0n) is 10.8. The van der Waals surface area contributed by atoms with E-state index < -0.39 is 0 Å². The molecule has 0 aliphatic rings. The average Bonchev–Trinajstić information content (AvgIpc) is 2.93. The summed E-state index contributed by atoms with van der Waals surface area (Å²) in [5.74, 6) is -0.488. The Kier molecular flexibility index (Phi) is 3.16. The van der Waals surface area contributed by atoms with E-state index in [9.17, 15) is 4.79 Å². The van der Waals surface area contributed by atoms with Crippen LogP contribution in [0.2, 0.25) is 0 Å². The molecule has 5 nitrogen and oxygen atoms in total. The fraction of sp³-hybridized carbons (Fsp3) is 0.133. The van der Waals surface area contributed by atoms with Crippen LogP contribution in [-0.2, 0) is 4.79 Å². The second-order valence-electron chi connectivity index (χ2n) is 4.66. The highest BCUT2D eigenvalue weighted by Gasteiger charge is 2.18. The number of carbonyl (C=O) groups excluding carboxylic acids is 1. The van der Waals surface area contributed by atoms with Gasteiger partial charge in [0.05, 0.1) is 17.4 Å². The van der Waals surface area contributed by atoms with Gasteiger partial charge in [-0.3, -0.25) is 9.78 Å². The van der Waals surface area contributed by atoms with Crippen molar-refractivity contribution in [2.45, 2.75) is 12.3 Å². The number of amides is 1. The number of rotatable bonds is 4. The van der Waals surface area contributed by atoms with E-state index in [4.69, 9.17) is 5.73 Å². The lowest BCUT2D eigenvalue weighted by Crippen LogP contribution is -2.16. The summed E-state index contributed by atoms with van der Waals surface area (Å²) < 4.78 is 0. The van der Waals surface area contributed by atoms with Crippen LogP contribution in [0.15, 0.2) is 48.9 Å². The molecule has 5 heteroatoms. The fourth-order valence-electron chi connectivity index (χ4n) is 2.34. The number of aromatic nitrogens is 3. The number of aromatic amines is 1. The van der Waals surface area contributed by atoms with Gasteiger partial charge in [0.25, 0.3) is 0 Å². The van der Waals surface area contributed by atoms with Gasteiger partial charge in [-0.05, 0) is 29.8 Å². The smallest absolute Gasteiger partial charge is 0.218 e. The maximum absolute atomic E-state index is 11.3. The molecule has 2 aromatic heterocycles. The summed E-state index contributed by atoms with van der Waals surface area (Å²) in [5, 5.41) is 0. The number of hydrogen-bond acceptors (Lipinski definition) is 3. The molecule has 0 saturated heterocycles. The predicted octanol–water partition coefficient (Wildman–Crippen LogP) is 1.97. The molecule has 0 spiro atoms. The monoisotopic (exact) mass is 266 g/mol. The number of pyridine rings is 1. The van der Waals surface area contributed by atoms with Crippen LogP contribution in [0.25, 0.3) is 11.0 Å². The van der Waals surface area contributed by atoms with E-state index in [1.165, 1.54) is 0 Å². The summed E-state index contributed by atoms with van der Waals surface area (Å²) >= 11 is 0. The number of hydrogen-bond donors (Lipinski definition) is 2. The minimum atomic E-state index is -0.345. The van der Waals surface area contributed by atoms with Crippen LogP contribution in [0.3, 0.4) is 0 Å². The predicted molar refractivity (Wildman–Crippen MR) is 76.0 cm³/mol. The van der Waals surface area contributed by atoms with Crippen LogP contribution in [0.4, 0.5) is 0 Å². The van der Waals surface area contributed by atoms with Gasteiger partial charge in [0.15, 0.2) is 0 Å². The lowest BCUT2D eigenvalue weighted by atomic mass is 9.91. The number of nitrogens with one attached hydrogen (secondary N) is 1. The summed E-state index contributed by atoms with van der Waals surface area (Å²) in [6.07, 6.45) is 3.60. The maximum Gasteiger partial charge on any atom is 0.218 e. The van der Waals surface area contributed by atoms with E-state index in [-0.39, 0.29) is 18.2 Å². The van der Waals surface area contributed by atoms with Crippen molar-refractivity contribution >= 4 is 16.9 Å². The largest absolute Gasteiger partial charge is 0.370 e. The van der Waals surface area contributed by atoms with Gasteiger partial charge >= 0.3 is 0 Å². The summed E-state index contributed by atoms with van der Waals surface area (Å²) in [7, 11) is 0. The van der Waals surface area contributed by atoms with Crippen molar-refractivity contribution < 1.29 is 4.79 Å². The minimum absolute atomic E-state index is 0.144. The Balaban J connectivity index is 2.06. The summed E-state index contributed by atoms with van der Waals surface area (Å²) in [5.41, 5.74) is 9.03. The van der Waals surface area contributed by atoms with E-state index in [0.717, 1.165) is 22.3 Å². The van der Waals surface area contributed by atoms with Crippen LogP contribution < -0.4 is 5.73 Å². The van der Waals surface area contributed by atoms with Crippen molar-refractivity contribution in [1.82, 2.24) is 15.0 Å². The molecular weight excluding hydrogens is 252 g/mol. The van der Waals surface area contributed by atoms with Gasteiger partial charge in [-0.15, -0.1) is 0 Å². The summed E-state index contributed by atoms with van der Waals surface area (Å²) in [6, 6.07) is 11.6. The number of benzene rings is 1. The summed E-state index contributed by atoms with van der Waals surface area (Å²) in [4.78, 5) is 23.0. The molecule has 1 aromatic carbocycles. The zero-order valence-corrected chi connectivity index (χ0v) is 10.8. The van der Waals surface area contributed by atoms with Crippen molar-refractivity contribution in [3.8, 4) is 0 Å². The average molecular weight is 266 g/mol. The minimum Gasteiger partial charge on any atom is -0.370 e. The highest BCUT2D eigenvalue weighted by molar-refractivity contribution is 5.78. The molecule has 0 fully saturated rings. The molecule has 0 radical (unpaired) electrons. The van der Waals surface area contributed by atoms with E-state index in [0.29, 0.717) is 0 Å². The molecule has 0 aliphatic heterocycles. The summed E-state index contributed by atoms with van der Waals surface area (Å²) in [6.45, 7) is 0. The van der Waals surface area contributed by atoms with Crippen molar-refractivity contribution in [3.63, 3.8) is 0 Å². The number of H-pyrrole nitrogens is 1. The molecule has 0 saturated carbocycles. The number of carbonyl (C=O) groups is 1. The van der Waals surface area contributed by atoms with Crippen LogP contribution in [0.1, 0.15) is 23.6 Å². The van der Waals surface area contributed by atoms with Crippen molar-refractivity contribution in [3.05, 3.63) is 60.2 Å². The van der Waals surface area contributed by atoms with Crippen LogP contribution in [0, 0.1) is 0 Å². The number of fused-ring (bicyclic) bond motifs is 1. The van der Waals surface area contributed by atoms with E-state index >= 15 is 0 Å². The third kappa shape index (κ3) is 2.38. The van der Waals surface area contributed by atoms with E-state index in [2.05, 4.69) is 15.0 Å². The number of nitrogens with zero attached hydrogens (tertiary/aromatic N) is 2. The first-order valence-corrected chi connectivity index (χ1v) is 6.36. The molecule has 2 heterocycles. The third-order valence-electron chi connectivity index (χ3n) is 3.30. The molecule has 1 atom stereocenters. The highest BCUT2D eigenvalue weighted by atomic mass is 16.1. The van der Waals surface area contributed by atoms with Crippen molar-refractivity contribution in [1.29, 1.82) is 0 Å². The topological polar surface area (TPSA) is 84.7 Å². The molecule has 3 N–H and O–H groups in total. The first kappa shape index (κ1) is 12.3. The van der Waals surface area contributed by atoms with Gasteiger partial charge in [0.1, 0.15) is 0 Å². The lowest BCUT2D eigenvalue weighted by Gasteiger charge is -2.15. The SMILES string of the molecule is NC(=O)CC(c1ccc2[nH]cnc2c1)c1ccccn1. The lowest BCUT2D eigenvalue weighted by molar-refractivity contribution is -0.118. The molecule has 100 valence electrons. The molecule has 1 unspecified atom stereocenters. The first-order valence-electron chi connectivity index (χ1n) is 6.36. The van der Waals surface area contributed by atoms with Crippen LogP contribution in [-0.4, -0.2) is 20.9 Å². The van der Waals surface area contributed by atoms with Gasteiger partial charge in [0.2, 0.25) is 5.91 Å². The van der Waals surface area contributed by atoms with Gasteiger partial charge in [-0.1, -0.05) is 12.1 Å². The van der Waals surface area contributed by atoms with Gasteiger partial charge < -0.3 is 10.7 Å². The Labute approximate surface area is 115 Å². The van der Waals surface area contributed by atoms with Crippen LogP contribution in [0.5, 0.6) is 0 Å².